The van der Waals surface area contributed by atoms with Crippen molar-refractivity contribution < 1.29 is 14.0 Å². The van der Waals surface area contributed by atoms with Crippen molar-refractivity contribution in [2.75, 3.05) is 56.5 Å². The van der Waals surface area contributed by atoms with Crippen LogP contribution in [0.5, 0.6) is 0 Å². The number of carbonyl (C=O) groups is 2. The number of piperazine rings is 1. The molecule has 0 saturated carbocycles. The molecule has 1 heterocycles. The van der Waals surface area contributed by atoms with E-state index in [4.69, 9.17) is 11.6 Å². The van der Waals surface area contributed by atoms with Crippen LogP contribution in [0.15, 0.2) is 48.5 Å². The predicted octanol–water partition coefficient (Wildman–Crippen LogP) is 2.70. The molecule has 1 saturated heterocycles. The van der Waals surface area contributed by atoms with E-state index in [0.717, 1.165) is 0 Å². The molecule has 3 rings (SSSR count). The average Bonchev–Trinajstić information content (AvgIpc) is 2.71. The summed E-state index contributed by atoms with van der Waals surface area (Å²) in [5, 5.41) is 3.16. The predicted molar refractivity (Wildman–Crippen MR) is 113 cm³/mol. The topological polar surface area (TPSA) is 55.9 Å². The monoisotopic (exact) mass is 418 g/mol. The van der Waals surface area contributed by atoms with E-state index in [-0.39, 0.29) is 30.7 Å². The molecule has 2 aromatic rings. The fourth-order valence-corrected chi connectivity index (χ4v) is 3.41. The van der Waals surface area contributed by atoms with E-state index in [1.165, 1.54) is 11.0 Å². The second-order valence-corrected chi connectivity index (χ2v) is 7.40. The fourth-order valence-electron chi connectivity index (χ4n) is 3.22. The molecular weight excluding hydrogens is 395 g/mol. The van der Waals surface area contributed by atoms with Gasteiger partial charge in [0.1, 0.15) is 5.82 Å². The quantitative estimate of drug-likeness (QED) is 0.783. The van der Waals surface area contributed by atoms with Crippen LogP contribution < -0.4 is 10.2 Å². The maximum Gasteiger partial charge on any atom is 0.244 e. The zero-order chi connectivity index (χ0) is 20.8. The van der Waals surface area contributed by atoms with E-state index in [1.807, 2.05) is 15.9 Å². The molecule has 0 aliphatic carbocycles. The zero-order valence-corrected chi connectivity index (χ0v) is 17.0. The molecule has 0 unspecified atom stereocenters. The Morgan fingerprint density at radius 3 is 2.41 bits per heavy atom. The summed E-state index contributed by atoms with van der Waals surface area (Å²) < 4.78 is 13.9. The van der Waals surface area contributed by atoms with Crippen molar-refractivity contribution in [1.29, 1.82) is 0 Å². The molecule has 1 aliphatic heterocycles. The molecule has 0 bridgehead atoms. The lowest BCUT2D eigenvalue weighted by Gasteiger charge is -2.36. The van der Waals surface area contributed by atoms with Crippen molar-refractivity contribution in [1.82, 2.24) is 9.80 Å². The lowest BCUT2D eigenvalue weighted by atomic mass is 10.2. The maximum atomic E-state index is 13.9. The van der Waals surface area contributed by atoms with Crippen LogP contribution >= 0.6 is 11.6 Å². The van der Waals surface area contributed by atoms with E-state index >= 15 is 0 Å². The Morgan fingerprint density at radius 1 is 1.07 bits per heavy atom. The second-order valence-electron chi connectivity index (χ2n) is 6.99. The first-order valence-electron chi connectivity index (χ1n) is 9.44. The van der Waals surface area contributed by atoms with E-state index in [9.17, 15) is 14.0 Å². The van der Waals surface area contributed by atoms with Crippen molar-refractivity contribution in [3.8, 4) is 0 Å². The Morgan fingerprint density at radius 2 is 1.72 bits per heavy atom. The molecule has 1 aliphatic rings. The Balaban J connectivity index is 1.45. The number of hydrogen-bond donors (Lipinski definition) is 1. The molecule has 1 N–H and O–H groups in total. The van der Waals surface area contributed by atoms with Gasteiger partial charge < -0.3 is 15.1 Å². The highest BCUT2D eigenvalue weighted by molar-refractivity contribution is 6.33. The summed E-state index contributed by atoms with van der Waals surface area (Å²) in [6.45, 7) is 2.76. The van der Waals surface area contributed by atoms with Gasteiger partial charge in [-0.15, -0.1) is 0 Å². The van der Waals surface area contributed by atoms with Gasteiger partial charge in [0.2, 0.25) is 11.8 Å². The van der Waals surface area contributed by atoms with Gasteiger partial charge in [-0.1, -0.05) is 35.9 Å². The molecule has 29 heavy (non-hydrogen) atoms. The molecule has 0 spiro atoms. The molecule has 154 valence electrons. The van der Waals surface area contributed by atoms with E-state index < -0.39 is 0 Å². The third-order valence-corrected chi connectivity index (χ3v) is 5.21. The minimum Gasteiger partial charge on any atom is -0.367 e. The SMILES string of the molecule is CN(CC(=O)Nc1ccccc1Cl)C(=O)CN1CCN(c2ccccc2F)CC1. The number of anilines is 2. The first-order chi connectivity index (χ1) is 13.9. The smallest absolute Gasteiger partial charge is 0.244 e. The molecule has 2 amide bonds. The molecule has 8 heteroatoms. The molecule has 0 atom stereocenters. The molecular formula is C21H24ClFN4O2. The largest absolute Gasteiger partial charge is 0.367 e. The minimum atomic E-state index is -0.307. The molecule has 0 aromatic heterocycles. The van der Waals surface area contributed by atoms with Gasteiger partial charge in [0.15, 0.2) is 0 Å². The van der Waals surface area contributed by atoms with Crippen molar-refractivity contribution in [2.45, 2.75) is 0 Å². The lowest BCUT2D eigenvalue weighted by Crippen LogP contribution is -2.50. The third-order valence-electron chi connectivity index (χ3n) is 4.88. The summed E-state index contributed by atoms with van der Waals surface area (Å²) in [6, 6.07) is 13.7. The van der Waals surface area contributed by atoms with E-state index in [1.54, 1.807) is 43.4 Å². The Labute approximate surface area is 174 Å². The van der Waals surface area contributed by atoms with Gasteiger partial charge in [-0.25, -0.2) is 4.39 Å². The van der Waals surface area contributed by atoms with E-state index in [0.29, 0.717) is 42.6 Å². The Kier molecular flexibility index (Phi) is 7.06. The summed E-state index contributed by atoms with van der Waals surface area (Å²) in [6.07, 6.45) is 0. The number of rotatable bonds is 6. The van der Waals surface area contributed by atoms with Crippen molar-refractivity contribution >= 4 is 34.8 Å². The zero-order valence-electron chi connectivity index (χ0n) is 16.3. The van der Waals surface area contributed by atoms with Gasteiger partial charge in [0.05, 0.1) is 29.5 Å². The first-order valence-corrected chi connectivity index (χ1v) is 9.82. The van der Waals surface area contributed by atoms with E-state index in [2.05, 4.69) is 5.32 Å². The molecule has 6 nitrogen and oxygen atoms in total. The summed E-state index contributed by atoms with van der Waals surface area (Å²) in [7, 11) is 1.60. The first kappa shape index (κ1) is 21.1. The number of para-hydroxylation sites is 2. The van der Waals surface area contributed by atoms with Crippen LogP contribution in [0.4, 0.5) is 15.8 Å². The van der Waals surface area contributed by atoms with Crippen LogP contribution in [0, 0.1) is 5.82 Å². The second kappa shape index (κ2) is 9.71. The summed E-state index contributed by atoms with van der Waals surface area (Å²) in [5.41, 5.74) is 1.11. The number of amides is 2. The van der Waals surface area contributed by atoms with Gasteiger partial charge in [-0.05, 0) is 24.3 Å². The van der Waals surface area contributed by atoms with Gasteiger partial charge in [0, 0.05) is 33.2 Å². The number of hydrogen-bond acceptors (Lipinski definition) is 4. The van der Waals surface area contributed by atoms with Crippen molar-refractivity contribution in [3.05, 3.63) is 59.4 Å². The number of halogens is 2. The lowest BCUT2D eigenvalue weighted by molar-refractivity contribution is -0.134. The van der Waals surface area contributed by atoms with Crippen LogP contribution in [0.25, 0.3) is 0 Å². The highest BCUT2D eigenvalue weighted by Gasteiger charge is 2.22. The third kappa shape index (κ3) is 5.68. The number of carbonyl (C=O) groups excluding carboxylic acids is 2. The average molecular weight is 419 g/mol. The van der Waals surface area contributed by atoms with Gasteiger partial charge in [-0.3, -0.25) is 14.5 Å². The maximum absolute atomic E-state index is 13.9. The number of likely N-dealkylation sites (N-methyl/N-ethyl adjacent to an activating group) is 1. The van der Waals surface area contributed by atoms with Crippen LogP contribution in [0.3, 0.4) is 0 Å². The van der Waals surface area contributed by atoms with Crippen molar-refractivity contribution in [2.24, 2.45) is 0 Å². The standard InChI is InChI=1S/C21H24ClFN4O2/c1-25(14-20(28)24-18-8-4-2-6-16(18)22)21(29)15-26-10-12-27(13-11-26)19-9-5-3-7-17(19)23/h2-9H,10-15H2,1H3,(H,24,28). The van der Waals surface area contributed by atoms with Crippen LogP contribution in [0.2, 0.25) is 5.02 Å². The summed E-state index contributed by atoms with van der Waals surface area (Å²) in [5.74, 6) is -0.682. The summed E-state index contributed by atoms with van der Waals surface area (Å²) >= 11 is 6.03. The van der Waals surface area contributed by atoms with Gasteiger partial charge >= 0.3 is 0 Å². The normalized spacial score (nSPS) is 14.5. The highest BCUT2D eigenvalue weighted by Crippen LogP contribution is 2.21. The van der Waals surface area contributed by atoms with Crippen molar-refractivity contribution in [3.63, 3.8) is 0 Å². The minimum absolute atomic E-state index is 0.0563. The Bertz CT molecular complexity index is 871. The van der Waals surface area contributed by atoms with Crippen LogP contribution in [0.1, 0.15) is 0 Å². The van der Waals surface area contributed by atoms with Gasteiger partial charge in [-0.2, -0.15) is 0 Å². The molecule has 2 aromatic carbocycles. The number of nitrogens with one attached hydrogen (secondary N) is 1. The highest BCUT2D eigenvalue weighted by atomic mass is 35.5. The molecule has 1 fully saturated rings. The van der Waals surface area contributed by atoms with Crippen LogP contribution in [-0.2, 0) is 9.59 Å². The summed E-state index contributed by atoms with van der Waals surface area (Å²) in [4.78, 5) is 30.1. The number of benzene rings is 2. The Hall–Kier alpha value is -2.64. The van der Waals surface area contributed by atoms with Crippen LogP contribution in [-0.4, -0.2) is 67.9 Å². The van der Waals surface area contributed by atoms with Gasteiger partial charge in [0.25, 0.3) is 0 Å². The number of nitrogens with zero attached hydrogens (tertiary/aromatic N) is 3. The molecule has 0 radical (unpaired) electrons. The fraction of sp³-hybridized carbons (Fsp3) is 0.333.